The first-order chi connectivity index (χ1) is 9.83. The Balaban J connectivity index is 2.02. The third-order valence-electron chi connectivity index (χ3n) is 2.84. The van der Waals surface area contributed by atoms with E-state index in [2.05, 4.69) is 15.9 Å². The van der Waals surface area contributed by atoms with Gasteiger partial charge in [-0.2, -0.15) is 13.2 Å². The lowest BCUT2D eigenvalue weighted by atomic mass is 10.0. The number of rotatable bonds is 4. The predicted molar refractivity (Wildman–Crippen MR) is 81.2 cm³/mol. The normalized spacial score (nSPS) is 13.2. The van der Waals surface area contributed by atoms with Crippen molar-refractivity contribution in [2.45, 2.75) is 22.9 Å². The molecule has 0 aliphatic rings. The molecule has 2 aromatic carbocycles. The van der Waals surface area contributed by atoms with E-state index >= 15 is 0 Å². The fourth-order valence-corrected chi connectivity index (χ4v) is 2.66. The highest BCUT2D eigenvalue weighted by Crippen LogP contribution is 2.37. The standard InChI is InChI=1S/C15H12BrF3OS/c16-12-5-1-10(2-6-12)9-14(20)11-3-7-13(8-4-11)21-15(17,18)19/h1-8,14,20H,9H2. The Morgan fingerprint density at radius 3 is 2.10 bits per heavy atom. The van der Waals surface area contributed by atoms with Gasteiger partial charge in [0.15, 0.2) is 0 Å². The highest BCUT2D eigenvalue weighted by molar-refractivity contribution is 9.10. The summed E-state index contributed by atoms with van der Waals surface area (Å²) < 4.78 is 37.6. The molecule has 0 saturated carbocycles. The number of benzene rings is 2. The summed E-state index contributed by atoms with van der Waals surface area (Å²) in [7, 11) is 0. The molecule has 0 radical (unpaired) electrons. The zero-order valence-electron chi connectivity index (χ0n) is 10.8. The minimum Gasteiger partial charge on any atom is -0.388 e. The second kappa shape index (κ2) is 6.85. The molecular weight excluding hydrogens is 365 g/mol. The third-order valence-corrected chi connectivity index (χ3v) is 4.11. The van der Waals surface area contributed by atoms with Crippen LogP contribution >= 0.6 is 27.7 Å². The molecule has 1 nitrogen and oxygen atoms in total. The molecule has 2 rings (SSSR count). The van der Waals surface area contributed by atoms with Crippen molar-refractivity contribution >= 4 is 27.7 Å². The highest BCUT2D eigenvalue weighted by Gasteiger charge is 2.29. The molecular formula is C15H12BrF3OS. The van der Waals surface area contributed by atoms with Gasteiger partial charge in [-0.25, -0.2) is 0 Å². The minimum absolute atomic E-state index is 0.113. The number of thioether (sulfide) groups is 1. The minimum atomic E-state index is -4.29. The van der Waals surface area contributed by atoms with Crippen LogP contribution in [0.5, 0.6) is 0 Å². The van der Waals surface area contributed by atoms with Gasteiger partial charge >= 0.3 is 5.51 Å². The summed E-state index contributed by atoms with van der Waals surface area (Å²) in [6, 6.07) is 13.3. The molecule has 0 bridgehead atoms. The number of hydrogen-bond donors (Lipinski definition) is 1. The average molecular weight is 377 g/mol. The molecule has 0 spiro atoms. The van der Waals surface area contributed by atoms with E-state index in [1.807, 2.05) is 24.3 Å². The van der Waals surface area contributed by atoms with Gasteiger partial charge in [-0.15, -0.1) is 0 Å². The number of halogens is 4. The molecule has 2 aromatic rings. The van der Waals surface area contributed by atoms with Crippen molar-refractivity contribution in [3.05, 3.63) is 64.1 Å². The van der Waals surface area contributed by atoms with E-state index in [1.54, 1.807) is 0 Å². The van der Waals surface area contributed by atoms with E-state index in [-0.39, 0.29) is 16.7 Å². The van der Waals surface area contributed by atoms with E-state index in [1.165, 1.54) is 24.3 Å². The summed E-state index contributed by atoms with van der Waals surface area (Å²) in [4.78, 5) is 0.113. The zero-order chi connectivity index (χ0) is 15.5. The summed E-state index contributed by atoms with van der Waals surface area (Å²) in [6.45, 7) is 0. The fraction of sp³-hybridized carbons (Fsp3) is 0.200. The topological polar surface area (TPSA) is 20.2 Å². The van der Waals surface area contributed by atoms with Gasteiger partial charge in [0.2, 0.25) is 0 Å². The molecule has 1 N–H and O–H groups in total. The SMILES string of the molecule is OC(Cc1ccc(Br)cc1)c1ccc(SC(F)(F)F)cc1. The van der Waals surface area contributed by atoms with Crippen molar-refractivity contribution in [3.63, 3.8) is 0 Å². The monoisotopic (exact) mass is 376 g/mol. The zero-order valence-corrected chi connectivity index (χ0v) is 13.2. The quantitative estimate of drug-likeness (QED) is 0.727. The molecule has 0 amide bonds. The Kier molecular flexibility index (Phi) is 5.35. The maximum Gasteiger partial charge on any atom is 0.446 e. The molecule has 0 saturated heterocycles. The highest BCUT2D eigenvalue weighted by atomic mass is 79.9. The Hall–Kier alpha value is -0.980. The van der Waals surface area contributed by atoms with Crippen molar-refractivity contribution in [2.75, 3.05) is 0 Å². The summed E-state index contributed by atoms with van der Waals surface area (Å²) in [5, 5.41) is 10.1. The molecule has 0 heterocycles. The van der Waals surface area contributed by atoms with Gasteiger partial charge in [-0.1, -0.05) is 40.2 Å². The van der Waals surface area contributed by atoms with Gasteiger partial charge in [0.1, 0.15) is 0 Å². The smallest absolute Gasteiger partial charge is 0.388 e. The van der Waals surface area contributed by atoms with E-state index in [9.17, 15) is 18.3 Å². The summed E-state index contributed by atoms with van der Waals surface area (Å²) in [5.74, 6) is 0. The lowest BCUT2D eigenvalue weighted by molar-refractivity contribution is -0.0328. The van der Waals surface area contributed by atoms with Gasteiger partial charge in [-0.3, -0.25) is 0 Å². The Morgan fingerprint density at radius 2 is 1.57 bits per heavy atom. The second-order valence-corrected chi connectivity index (χ2v) is 6.52. The fourth-order valence-electron chi connectivity index (χ4n) is 1.85. The largest absolute Gasteiger partial charge is 0.446 e. The number of alkyl halides is 3. The van der Waals surface area contributed by atoms with Crippen molar-refractivity contribution in [2.24, 2.45) is 0 Å². The van der Waals surface area contributed by atoms with Crippen molar-refractivity contribution in [1.82, 2.24) is 0 Å². The lowest BCUT2D eigenvalue weighted by Gasteiger charge is -2.12. The Morgan fingerprint density at radius 1 is 1.00 bits per heavy atom. The summed E-state index contributed by atoms with van der Waals surface area (Å²) in [6.07, 6.45) is -0.324. The van der Waals surface area contributed by atoms with Crippen LogP contribution in [0, 0.1) is 0 Å². The van der Waals surface area contributed by atoms with Crippen LogP contribution in [0.4, 0.5) is 13.2 Å². The first kappa shape index (κ1) is 16.4. The van der Waals surface area contributed by atoms with Crippen LogP contribution in [0.3, 0.4) is 0 Å². The first-order valence-corrected chi connectivity index (χ1v) is 7.73. The molecule has 0 aliphatic carbocycles. The van der Waals surface area contributed by atoms with Crippen LogP contribution in [-0.2, 0) is 6.42 Å². The van der Waals surface area contributed by atoms with Crippen LogP contribution in [0.15, 0.2) is 57.9 Å². The van der Waals surface area contributed by atoms with E-state index in [4.69, 9.17) is 0 Å². The van der Waals surface area contributed by atoms with E-state index in [0.29, 0.717) is 12.0 Å². The molecule has 0 fully saturated rings. The molecule has 0 aliphatic heterocycles. The van der Waals surface area contributed by atoms with Gasteiger partial charge in [-0.05, 0) is 47.2 Å². The summed E-state index contributed by atoms with van der Waals surface area (Å²) in [5.41, 5.74) is -2.73. The third kappa shape index (κ3) is 5.37. The maximum absolute atomic E-state index is 12.2. The average Bonchev–Trinajstić information content (AvgIpc) is 2.40. The van der Waals surface area contributed by atoms with Crippen LogP contribution in [0.25, 0.3) is 0 Å². The first-order valence-electron chi connectivity index (χ1n) is 6.12. The molecule has 21 heavy (non-hydrogen) atoms. The van der Waals surface area contributed by atoms with Gasteiger partial charge in [0, 0.05) is 15.8 Å². The van der Waals surface area contributed by atoms with Crippen molar-refractivity contribution < 1.29 is 18.3 Å². The summed E-state index contributed by atoms with van der Waals surface area (Å²) >= 11 is 3.17. The van der Waals surface area contributed by atoms with E-state index < -0.39 is 11.6 Å². The van der Waals surface area contributed by atoms with Gasteiger partial charge < -0.3 is 5.11 Å². The molecule has 1 unspecified atom stereocenters. The van der Waals surface area contributed by atoms with Crippen LogP contribution in [0.1, 0.15) is 17.2 Å². The molecule has 6 heteroatoms. The van der Waals surface area contributed by atoms with Crippen molar-refractivity contribution in [3.8, 4) is 0 Å². The lowest BCUT2D eigenvalue weighted by Crippen LogP contribution is -2.02. The number of aliphatic hydroxyl groups excluding tert-OH is 1. The van der Waals surface area contributed by atoms with Crippen molar-refractivity contribution in [1.29, 1.82) is 0 Å². The molecule has 112 valence electrons. The van der Waals surface area contributed by atoms with Crippen LogP contribution in [0.2, 0.25) is 0 Å². The van der Waals surface area contributed by atoms with Crippen LogP contribution < -0.4 is 0 Å². The van der Waals surface area contributed by atoms with E-state index in [0.717, 1.165) is 10.0 Å². The van der Waals surface area contributed by atoms with Gasteiger partial charge in [0.05, 0.1) is 6.10 Å². The molecule has 0 aromatic heterocycles. The maximum atomic E-state index is 12.2. The molecule has 1 atom stereocenters. The number of aliphatic hydroxyl groups is 1. The second-order valence-electron chi connectivity index (χ2n) is 4.46. The Bertz CT molecular complexity index is 581. The Labute approximate surface area is 133 Å². The predicted octanol–water partition coefficient (Wildman–Crippen LogP) is 5.34. The number of hydrogen-bond acceptors (Lipinski definition) is 2. The van der Waals surface area contributed by atoms with Gasteiger partial charge in [0.25, 0.3) is 0 Å². The van der Waals surface area contributed by atoms with Crippen LogP contribution in [-0.4, -0.2) is 10.6 Å².